The number of hydrogen-bond donors (Lipinski definition) is 1. The van der Waals surface area contributed by atoms with Crippen LogP contribution in [0.25, 0.3) is 23.0 Å². The molecule has 1 aromatic carbocycles. The van der Waals surface area contributed by atoms with Gasteiger partial charge in [0.1, 0.15) is 5.75 Å². The van der Waals surface area contributed by atoms with E-state index in [4.69, 9.17) is 13.7 Å². The van der Waals surface area contributed by atoms with E-state index in [9.17, 15) is 8.42 Å². The van der Waals surface area contributed by atoms with Crippen LogP contribution in [0.3, 0.4) is 0 Å². The van der Waals surface area contributed by atoms with E-state index in [-0.39, 0.29) is 22.8 Å². The Morgan fingerprint density at radius 3 is 2.64 bits per heavy atom. The topological polar surface area (TPSA) is 107 Å². The third-order valence-corrected chi connectivity index (χ3v) is 4.75. The van der Waals surface area contributed by atoms with Crippen molar-refractivity contribution in [3.8, 4) is 28.8 Å². The molecule has 0 amide bonds. The monoisotopic (exact) mass is 363 g/mol. The Kier molecular flexibility index (Phi) is 4.60. The fourth-order valence-corrected chi connectivity index (χ4v) is 3.39. The molecule has 0 unspecified atom stereocenters. The predicted molar refractivity (Wildman–Crippen MR) is 89.4 cm³/mol. The minimum Gasteiger partial charge on any atom is -0.496 e. The summed E-state index contributed by atoms with van der Waals surface area (Å²) < 4.78 is 42.5. The van der Waals surface area contributed by atoms with Gasteiger partial charge in [0, 0.05) is 6.04 Å². The quantitative estimate of drug-likeness (QED) is 0.717. The molecule has 0 bridgehead atoms. The molecule has 0 spiro atoms. The average Bonchev–Trinajstić information content (AvgIpc) is 3.23. The van der Waals surface area contributed by atoms with E-state index in [1.54, 1.807) is 33.1 Å². The van der Waals surface area contributed by atoms with Crippen molar-refractivity contribution in [1.82, 2.24) is 14.9 Å². The molecule has 3 rings (SSSR count). The number of benzene rings is 1. The van der Waals surface area contributed by atoms with Crippen molar-refractivity contribution >= 4 is 10.0 Å². The summed E-state index contributed by atoms with van der Waals surface area (Å²) >= 11 is 0. The van der Waals surface area contributed by atoms with Gasteiger partial charge in [-0.15, -0.1) is 0 Å². The number of aromatic nitrogens is 2. The number of methoxy groups -OCH3 is 1. The lowest BCUT2D eigenvalue weighted by Crippen LogP contribution is -2.29. The van der Waals surface area contributed by atoms with E-state index in [1.807, 2.05) is 12.1 Å². The van der Waals surface area contributed by atoms with Gasteiger partial charge in [0.15, 0.2) is 5.76 Å². The van der Waals surface area contributed by atoms with Crippen LogP contribution in [0.2, 0.25) is 0 Å². The number of para-hydroxylation sites is 1. The van der Waals surface area contributed by atoms with E-state index in [2.05, 4.69) is 14.9 Å². The number of rotatable bonds is 6. The maximum absolute atomic E-state index is 12.1. The fraction of sp³-hybridized carbons (Fsp3) is 0.250. The first-order valence-electron chi connectivity index (χ1n) is 7.50. The van der Waals surface area contributed by atoms with Gasteiger partial charge in [-0.2, -0.15) is 4.98 Å². The second-order valence-corrected chi connectivity index (χ2v) is 7.16. The molecule has 3 aromatic rings. The number of nitrogens with zero attached hydrogens (tertiary/aromatic N) is 2. The minimum atomic E-state index is -3.73. The summed E-state index contributed by atoms with van der Waals surface area (Å²) in [6, 6.07) is 9.77. The molecule has 132 valence electrons. The van der Waals surface area contributed by atoms with Gasteiger partial charge >= 0.3 is 0 Å². The van der Waals surface area contributed by atoms with Crippen LogP contribution in [0, 0.1) is 0 Å². The Morgan fingerprint density at radius 1 is 1.16 bits per heavy atom. The standard InChI is InChI=1S/C16H17N3O5S/c1-10(2)19-25(20,21)14-9-8-13(23-14)16-17-15(18-24-16)11-6-4-5-7-12(11)22-3/h4-10,19H,1-3H3. The van der Waals surface area contributed by atoms with Crippen molar-refractivity contribution in [2.75, 3.05) is 7.11 Å². The summed E-state index contributed by atoms with van der Waals surface area (Å²) in [7, 11) is -2.18. The Balaban J connectivity index is 1.91. The number of hydrogen-bond acceptors (Lipinski definition) is 7. The van der Waals surface area contributed by atoms with Gasteiger partial charge in [-0.3, -0.25) is 0 Å². The molecule has 0 atom stereocenters. The van der Waals surface area contributed by atoms with E-state index in [1.165, 1.54) is 12.1 Å². The van der Waals surface area contributed by atoms with Gasteiger partial charge in [0.2, 0.25) is 10.9 Å². The van der Waals surface area contributed by atoms with Crippen molar-refractivity contribution in [3.63, 3.8) is 0 Å². The fourth-order valence-electron chi connectivity index (χ4n) is 2.21. The maximum atomic E-state index is 12.1. The Labute approximate surface area is 144 Å². The van der Waals surface area contributed by atoms with Crippen LogP contribution < -0.4 is 9.46 Å². The van der Waals surface area contributed by atoms with E-state index in [0.29, 0.717) is 17.1 Å². The SMILES string of the molecule is COc1ccccc1-c1noc(-c2ccc(S(=O)(=O)NC(C)C)o2)n1. The molecule has 25 heavy (non-hydrogen) atoms. The molecule has 0 radical (unpaired) electrons. The summed E-state index contributed by atoms with van der Waals surface area (Å²) in [6.45, 7) is 3.44. The van der Waals surface area contributed by atoms with Crippen molar-refractivity contribution in [2.24, 2.45) is 0 Å². The van der Waals surface area contributed by atoms with Gasteiger partial charge in [0.05, 0.1) is 12.7 Å². The van der Waals surface area contributed by atoms with Crippen molar-refractivity contribution in [2.45, 2.75) is 25.0 Å². The lowest BCUT2D eigenvalue weighted by atomic mass is 10.2. The van der Waals surface area contributed by atoms with E-state index < -0.39 is 10.0 Å². The summed E-state index contributed by atoms with van der Waals surface area (Å²) in [6.07, 6.45) is 0. The second-order valence-electron chi connectivity index (χ2n) is 5.52. The van der Waals surface area contributed by atoms with Crippen molar-refractivity contribution in [3.05, 3.63) is 36.4 Å². The Hall–Kier alpha value is -2.65. The first-order chi connectivity index (χ1) is 11.9. The number of sulfonamides is 1. The van der Waals surface area contributed by atoms with Crippen LogP contribution in [0.4, 0.5) is 0 Å². The largest absolute Gasteiger partial charge is 0.496 e. The third-order valence-electron chi connectivity index (χ3n) is 3.22. The van der Waals surface area contributed by atoms with E-state index >= 15 is 0 Å². The Morgan fingerprint density at radius 2 is 1.92 bits per heavy atom. The van der Waals surface area contributed by atoms with Crippen molar-refractivity contribution in [1.29, 1.82) is 0 Å². The molecule has 9 heteroatoms. The molecule has 0 saturated carbocycles. The van der Waals surface area contributed by atoms with Crippen LogP contribution in [0.5, 0.6) is 5.75 Å². The number of furan rings is 1. The summed E-state index contributed by atoms with van der Waals surface area (Å²) in [5.74, 6) is 1.15. The summed E-state index contributed by atoms with van der Waals surface area (Å²) in [5, 5.41) is 3.69. The van der Waals surface area contributed by atoms with Gasteiger partial charge in [-0.1, -0.05) is 17.3 Å². The van der Waals surface area contributed by atoms with Crippen LogP contribution in [0.1, 0.15) is 13.8 Å². The highest BCUT2D eigenvalue weighted by Gasteiger charge is 2.22. The minimum absolute atomic E-state index is 0.0758. The lowest BCUT2D eigenvalue weighted by Gasteiger charge is -2.06. The predicted octanol–water partition coefficient (Wildman–Crippen LogP) is 2.69. The molecular formula is C16H17N3O5S. The highest BCUT2D eigenvalue weighted by Crippen LogP contribution is 2.30. The molecule has 2 heterocycles. The molecule has 0 saturated heterocycles. The van der Waals surface area contributed by atoms with Crippen LogP contribution in [-0.4, -0.2) is 31.7 Å². The molecule has 0 aliphatic heterocycles. The first-order valence-corrected chi connectivity index (χ1v) is 8.98. The smallest absolute Gasteiger partial charge is 0.294 e. The van der Waals surface area contributed by atoms with Crippen LogP contribution >= 0.6 is 0 Å². The highest BCUT2D eigenvalue weighted by atomic mass is 32.2. The molecule has 0 fully saturated rings. The van der Waals surface area contributed by atoms with E-state index in [0.717, 1.165) is 0 Å². The van der Waals surface area contributed by atoms with Gasteiger partial charge < -0.3 is 13.7 Å². The number of nitrogens with one attached hydrogen (secondary N) is 1. The maximum Gasteiger partial charge on any atom is 0.294 e. The third kappa shape index (κ3) is 3.57. The molecule has 1 N–H and O–H groups in total. The lowest BCUT2D eigenvalue weighted by molar-refractivity contribution is 0.396. The zero-order valence-electron chi connectivity index (χ0n) is 13.9. The first kappa shape index (κ1) is 17.2. The molecule has 8 nitrogen and oxygen atoms in total. The normalized spacial score (nSPS) is 11.8. The van der Waals surface area contributed by atoms with Crippen LogP contribution in [0.15, 0.2) is 50.4 Å². The molecule has 2 aromatic heterocycles. The highest BCUT2D eigenvalue weighted by molar-refractivity contribution is 7.89. The zero-order valence-corrected chi connectivity index (χ0v) is 14.7. The molecular weight excluding hydrogens is 346 g/mol. The Bertz CT molecular complexity index is 975. The van der Waals surface area contributed by atoms with Gasteiger partial charge in [-0.25, -0.2) is 13.1 Å². The summed E-state index contributed by atoms with van der Waals surface area (Å²) in [5.41, 5.74) is 0.654. The summed E-state index contributed by atoms with van der Waals surface area (Å²) in [4.78, 5) is 4.25. The molecule has 0 aliphatic rings. The second kappa shape index (κ2) is 6.69. The number of ether oxygens (including phenoxy) is 1. The van der Waals surface area contributed by atoms with Crippen LogP contribution in [-0.2, 0) is 10.0 Å². The van der Waals surface area contributed by atoms with Crippen molar-refractivity contribution < 1.29 is 22.1 Å². The van der Waals surface area contributed by atoms with Gasteiger partial charge in [-0.05, 0) is 38.1 Å². The zero-order chi connectivity index (χ0) is 18.0. The molecule has 0 aliphatic carbocycles. The van der Waals surface area contributed by atoms with Gasteiger partial charge in [0.25, 0.3) is 15.9 Å². The average molecular weight is 363 g/mol.